The summed E-state index contributed by atoms with van der Waals surface area (Å²) in [5, 5.41) is 0. The molecule has 0 spiro atoms. The van der Waals surface area contributed by atoms with E-state index < -0.39 is 0 Å². The van der Waals surface area contributed by atoms with Gasteiger partial charge in [-0.1, -0.05) is 0 Å². The fourth-order valence-electron chi connectivity index (χ4n) is 0. The van der Waals surface area contributed by atoms with Crippen molar-refractivity contribution in [1.29, 1.82) is 0 Å². The predicted molar refractivity (Wildman–Crippen MR) is 24.1 cm³/mol. The Hall–Kier alpha value is 1.08. The molecular weight excluding hydrogens is 111 g/mol. The van der Waals surface area contributed by atoms with Gasteiger partial charge in [0.2, 0.25) is 0 Å². The molecule has 0 bridgehead atoms. The molecule has 0 rings (SSSR count). The van der Waals surface area contributed by atoms with E-state index in [-0.39, 0.29) is 0 Å². The van der Waals surface area contributed by atoms with E-state index >= 15 is 0 Å². The Kier molecular flexibility index (Phi) is 2.95. The van der Waals surface area contributed by atoms with Crippen LogP contribution in [-0.2, 0) is 0 Å². The molecule has 0 aliphatic heterocycles. The summed E-state index contributed by atoms with van der Waals surface area (Å²) >= 11 is 5.35. The molecule has 0 aromatic heterocycles. The number of halogens is 1. The monoisotopic (exact) mass is 114 g/mol. The summed E-state index contributed by atoms with van der Waals surface area (Å²) in [6, 6.07) is 0. The summed E-state index contributed by atoms with van der Waals surface area (Å²) in [6.07, 6.45) is 0. The molecule has 2 heteroatoms. The summed E-state index contributed by atoms with van der Waals surface area (Å²) in [6.45, 7) is 2.08. The van der Waals surface area contributed by atoms with Crippen LogP contribution in [0.4, 0.5) is 0 Å². The van der Waals surface area contributed by atoms with Gasteiger partial charge in [0.25, 0.3) is 0 Å². The predicted octanol–water partition coefficient (Wildman–Crippen LogP) is 0.896. The third-order valence-corrected chi connectivity index (χ3v) is 0. The molecule has 0 aromatic rings. The molecule has 4 heavy (non-hydrogen) atoms. The molecule has 0 N–H and O–H groups in total. The maximum atomic E-state index is 3.27. The molecule has 0 saturated heterocycles. The second-order valence-corrected chi connectivity index (χ2v) is 2.85. The van der Waals surface area contributed by atoms with E-state index in [9.17, 15) is 0 Å². The van der Waals surface area contributed by atoms with E-state index in [1.54, 1.807) is 0 Å². The Morgan fingerprint density at radius 3 is 2.00 bits per heavy atom. The van der Waals surface area contributed by atoms with Crippen molar-refractivity contribution in [3.8, 4) is 0 Å². The molecule has 0 aliphatic rings. The standard InChI is InChI=1S/C2H4Br.Li/c1-2-3;/h2H,1H3;. The van der Waals surface area contributed by atoms with Crippen LogP contribution >= 0.6 is 15.9 Å². The van der Waals surface area contributed by atoms with E-state index in [1.807, 2.05) is 0 Å². The Morgan fingerprint density at radius 1 is 2.00 bits per heavy atom. The number of hydrogen-bond acceptors (Lipinski definition) is 0. The van der Waals surface area contributed by atoms with E-state index in [1.165, 1.54) is 0 Å². The fraction of sp³-hybridized carbons (Fsp3) is 1.00. The molecule has 0 saturated carbocycles. The minimum atomic E-state index is 0.646. The Morgan fingerprint density at radius 2 is 2.00 bits per heavy atom. The van der Waals surface area contributed by atoms with Gasteiger partial charge >= 0.3 is 44.1 Å². The Labute approximate surface area is 44.3 Å². The Bertz CT molecular complexity index is 10.8. The van der Waals surface area contributed by atoms with Crippen molar-refractivity contribution in [3.63, 3.8) is 0 Å². The zero-order valence-electron chi connectivity index (χ0n) is 2.96. The normalized spacial score (nSPS) is 16.0. The summed E-state index contributed by atoms with van der Waals surface area (Å²) in [7, 11) is 0. The zero-order valence-corrected chi connectivity index (χ0v) is 4.54. The minimum absolute atomic E-state index is 0.646. The molecule has 0 amide bonds. The van der Waals surface area contributed by atoms with Gasteiger partial charge in [0.1, 0.15) is 0 Å². The van der Waals surface area contributed by atoms with Gasteiger partial charge < -0.3 is 0 Å². The molecule has 0 aliphatic carbocycles. The average Bonchev–Trinajstić information content (AvgIpc) is 0.811. The molecule has 1 unspecified atom stereocenters. The first-order valence-corrected chi connectivity index (χ1v) is 2.29. The second kappa shape index (κ2) is 2.32. The van der Waals surface area contributed by atoms with Crippen molar-refractivity contribution in [2.75, 3.05) is 0 Å². The third-order valence-electron chi connectivity index (χ3n) is 0. The topological polar surface area (TPSA) is 0 Å². The van der Waals surface area contributed by atoms with Crippen molar-refractivity contribution in [3.05, 3.63) is 0 Å². The van der Waals surface area contributed by atoms with Crippen molar-refractivity contribution in [2.24, 2.45) is 0 Å². The second-order valence-electron chi connectivity index (χ2n) is 1.01. The van der Waals surface area contributed by atoms with Crippen LogP contribution in [0.5, 0.6) is 0 Å². The summed E-state index contributed by atoms with van der Waals surface area (Å²) in [4.78, 5) is 0. The van der Waals surface area contributed by atoms with Gasteiger partial charge in [-0.15, -0.1) is 0 Å². The van der Waals surface area contributed by atoms with Gasteiger partial charge in [-0.2, -0.15) is 0 Å². The summed E-state index contributed by atoms with van der Waals surface area (Å²) in [5.41, 5.74) is 0. The maximum absolute atomic E-state index is 3.27. The third kappa shape index (κ3) is 11.4. The quantitative estimate of drug-likeness (QED) is 0.325. The Balaban J connectivity index is 2.32. The van der Waals surface area contributed by atoms with Crippen LogP contribution < -0.4 is 0 Å². The van der Waals surface area contributed by atoms with Gasteiger partial charge in [0.15, 0.2) is 0 Å². The van der Waals surface area contributed by atoms with E-state index in [2.05, 4.69) is 40.6 Å². The van der Waals surface area contributed by atoms with Crippen LogP contribution in [0.2, 0.25) is 0 Å². The number of alkyl halides is 1. The summed E-state index contributed by atoms with van der Waals surface area (Å²) < 4.78 is 0.646. The van der Waals surface area contributed by atoms with Crippen molar-refractivity contribution < 1.29 is 0 Å². The number of hydrogen-bond donors (Lipinski definition) is 0. The van der Waals surface area contributed by atoms with E-state index in [4.69, 9.17) is 0 Å². The number of rotatable bonds is 0. The first kappa shape index (κ1) is 5.08. The van der Waals surface area contributed by atoms with Gasteiger partial charge in [-0.05, 0) is 0 Å². The van der Waals surface area contributed by atoms with Crippen molar-refractivity contribution in [2.45, 2.75) is 10.4 Å². The van der Waals surface area contributed by atoms with Crippen LogP contribution in [0.25, 0.3) is 0 Å². The van der Waals surface area contributed by atoms with Crippen LogP contribution in [0.3, 0.4) is 0 Å². The zero-order chi connectivity index (χ0) is 3.58. The van der Waals surface area contributed by atoms with Gasteiger partial charge in [0, 0.05) is 0 Å². The van der Waals surface area contributed by atoms with Crippen LogP contribution in [0.15, 0.2) is 0 Å². The van der Waals surface area contributed by atoms with E-state index in [0.717, 1.165) is 0 Å². The molecule has 0 nitrogen and oxygen atoms in total. The first-order valence-electron chi connectivity index (χ1n) is 1.37. The van der Waals surface area contributed by atoms with Crippen LogP contribution in [0.1, 0.15) is 6.92 Å². The first-order chi connectivity index (χ1) is 1.73. The molecule has 0 heterocycles. The van der Waals surface area contributed by atoms with Gasteiger partial charge in [-0.3, -0.25) is 0 Å². The SMILES string of the molecule is [Li][CH](C)Br. The molecule has 0 fully saturated rings. The van der Waals surface area contributed by atoms with Crippen molar-refractivity contribution >= 4 is 33.6 Å². The van der Waals surface area contributed by atoms with Crippen LogP contribution in [0, 0.1) is 0 Å². The molecule has 20 valence electrons. The molecule has 0 aromatic carbocycles. The summed E-state index contributed by atoms with van der Waals surface area (Å²) in [5.74, 6) is 0. The van der Waals surface area contributed by atoms with Crippen LogP contribution in [-0.4, -0.2) is 21.2 Å². The van der Waals surface area contributed by atoms with Gasteiger partial charge in [-0.25, -0.2) is 0 Å². The van der Waals surface area contributed by atoms with E-state index in [0.29, 0.717) is 3.50 Å². The molecular formula is C2H4BrLi. The average molecular weight is 115 g/mol. The molecule has 0 radical (unpaired) electrons. The van der Waals surface area contributed by atoms with Gasteiger partial charge in [0.05, 0.1) is 0 Å². The fourth-order valence-corrected chi connectivity index (χ4v) is 0. The van der Waals surface area contributed by atoms with Crippen molar-refractivity contribution in [1.82, 2.24) is 0 Å². The molecule has 1 atom stereocenters.